The zero-order valence-electron chi connectivity index (χ0n) is 9.03. The van der Waals surface area contributed by atoms with E-state index in [9.17, 15) is 0 Å². The van der Waals surface area contributed by atoms with Crippen molar-refractivity contribution in [3.63, 3.8) is 0 Å². The molecule has 0 saturated heterocycles. The summed E-state index contributed by atoms with van der Waals surface area (Å²) in [6.45, 7) is 6.34. The van der Waals surface area contributed by atoms with Crippen LogP contribution in [0.5, 0.6) is 0 Å². The third kappa shape index (κ3) is 4.35. The summed E-state index contributed by atoms with van der Waals surface area (Å²) in [7, 11) is 2.13. The van der Waals surface area contributed by atoms with Crippen LogP contribution in [0.4, 0.5) is 0 Å². The number of aromatic nitrogens is 1. The average molecular weight is 193 g/mol. The highest BCUT2D eigenvalue weighted by Gasteiger charge is 1.94. The van der Waals surface area contributed by atoms with Crippen LogP contribution in [0.15, 0.2) is 24.5 Å². The highest BCUT2D eigenvalue weighted by Crippen LogP contribution is 1.94. The molecule has 0 aliphatic rings. The minimum Gasteiger partial charge on any atom is -0.311 e. The van der Waals surface area contributed by atoms with Crippen LogP contribution in [0.1, 0.15) is 12.5 Å². The molecule has 14 heavy (non-hydrogen) atoms. The fourth-order valence-electron chi connectivity index (χ4n) is 1.16. The maximum absolute atomic E-state index is 3.98. The molecule has 0 fully saturated rings. The minimum absolute atomic E-state index is 0.931. The monoisotopic (exact) mass is 193 g/mol. The molecule has 0 bridgehead atoms. The van der Waals surface area contributed by atoms with Gasteiger partial charge in [0, 0.05) is 32.0 Å². The molecular formula is C11H19N3. The molecule has 0 atom stereocenters. The van der Waals surface area contributed by atoms with E-state index in [-0.39, 0.29) is 0 Å². The fourth-order valence-corrected chi connectivity index (χ4v) is 1.16. The van der Waals surface area contributed by atoms with Gasteiger partial charge in [0.2, 0.25) is 0 Å². The van der Waals surface area contributed by atoms with Crippen LogP contribution < -0.4 is 5.32 Å². The number of nitrogens with one attached hydrogen (secondary N) is 1. The summed E-state index contributed by atoms with van der Waals surface area (Å²) in [5, 5.41) is 3.40. The van der Waals surface area contributed by atoms with E-state index >= 15 is 0 Å². The SMILES string of the molecule is CCN(C)CCNCc1ccncc1. The van der Waals surface area contributed by atoms with Crippen molar-refractivity contribution < 1.29 is 0 Å². The first-order valence-corrected chi connectivity index (χ1v) is 5.11. The number of hydrogen-bond acceptors (Lipinski definition) is 3. The quantitative estimate of drug-likeness (QED) is 0.686. The molecule has 1 N–H and O–H groups in total. The molecular weight excluding hydrogens is 174 g/mol. The summed E-state index contributed by atoms with van der Waals surface area (Å²) in [5.41, 5.74) is 1.29. The predicted octanol–water partition coefficient (Wildman–Crippen LogP) is 1.12. The van der Waals surface area contributed by atoms with Crippen molar-refractivity contribution in [1.29, 1.82) is 0 Å². The lowest BCUT2D eigenvalue weighted by atomic mass is 10.3. The molecule has 1 aromatic rings. The summed E-state index contributed by atoms with van der Waals surface area (Å²) in [6.07, 6.45) is 3.66. The standard InChI is InChI=1S/C11H19N3/c1-3-14(2)9-8-13-10-11-4-6-12-7-5-11/h4-7,13H,3,8-10H2,1-2H3. The van der Waals surface area contributed by atoms with E-state index in [0.717, 1.165) is 26.2 Å². The van der Waals surface area contributed by atoms with Crippen molar-refractivity contribution in [3.8, 4) is 0 Å². The summed E-state index contributed by atoms with van der Waals surface area (Å²) in [5.74, 6) is 0. The summed E-state index contributed by atoms with van der Waals surface area (Å²) in [6, 6.07) is 4.08. The van der Waals surface area contributed by atoms with Crippen molar-refractivity contribution in [2.24, 2.45) is 0 Å². The average Bonchev–Trinajstić information content (AvgIpc) is 2.25. The molecule has 0 radical (unpaired) electrons. The number of hydrogen-bond donors (Lipinski definition) is 1. The molecule has 1 rings (SSSR count). The second-order valence-electron chi connectivity index (χ2n) is 3.43. The largest absolute Gasteiger partial charge is 0.311 e. The Hall–Kier alpha value is -0.930. The number of pyridine rings is 1. The van der Waals surface area contributed by atoms with Gasteiger partial charge in [-0.2, -0.15) is 0 Å². The smallest absolute Gasteiger partial charge is 0.0271 e. The first-order chi connectivity index (χ1) is 6.83. The Bertz CT molecular complexity index is 236. The Morgan fingerprint density at radius 1 is 1.36 bits per heavy atom. The first kappa shape index (κ1) is 11.1. The molecule has 0 aliphatic heterocycles. The molecule has 0 aliphatic carbocycles. The van der Waals surface area contributed by atoms with Crippen LogP contribution >= 0.6 is 0 Å². The molecule has 0 saturated carbocycles. The molecule has 3 heteroatoms. The minimum atomic E-state index is 0.931. The maximum atomic E-state index is 3.98. The van der Waals surface area contributed by atoms with Gasteiger partial charge in [-0.1, -0.05) is 6.92 Å². The molecule has 0 amide bonds. The lowest BCUT2D eigenvalue weighted by Gasteiger charge is -2.13. The molecule has 0 spiro atoms. The van der Waals surface area contributed by atoms with Crippen molar-refractivity contribution in [2.45, 2.75) is 13.5 Å². The Morgan fingerprint density at radius 2 is 2.07 bits per heavy atom. The predicted molar refractivity (Wildman–Crippen MR) is 59.1 cm³/mol. The Balaban J connectivity index is 2.10. The van der Waals surface area contributed by atoms with Crippen LogP contribution in [-0.4, -0.2) is 36.6 Å². The van der Waals surface area contributed by atoms with E-state index in [1.54, 1.807) is 0 Å². The fraction of sp³-hybridized carbons (Fsp3) is 0.545. The van der Waals surface area contributed by atoms with Crippen LogP contribution in [-0.2, 0) is 6.54 Å². The number of likely N-dealkylation sites (N-methyl/N-ethyl adjacent to an activating group) is 1. The van der Waals surface area contributed by atoms with Crippen LogP contribution in [0.2, 0.25) is 0 Å². The molecule has 3 nitrogen and oxygen atoms in total. The summed E-state index contributed by atoms with van der Waals surface area (Å²) in [4.78, 5) is 6.27. The number of nitrogens with zero attached hydrogens (tertiary/aromatic N) is 2. The van der Waals surface area contributed by atoms with Crippen LogP contribution in [0.3, 0.4) is 0 Å². The van der Waals surface area contributed by atoms with Gasteiger partial charge in [0.15, 0.2) is 0 Å². The zero-order chi connectivity index (χ0) is 10.2. The van der Waals surface area contributed by atoms with Gasteiger partial charge in [-0.25, -0.2) is 0 Å². The zero-order valence-corrected chi connectivity index (χ0v) is 9.03. The molecule has 0 aromatic carbocycles. The van der Waals surface area contributed by atoms with E-state index in [0.29, 0.717) is 0 Å². The summed E-state index contributed by atoms with van der Waals surface area (Å²) < 4.78 is 0. The Morgan fingerprint density at radius 3 is 2.71 bits per heavy atom. The summed E-state index contributed by atoms with van der Waals surface area (Å²) >= 11 is 0. The van der Waals surface area contributed by atoms with E-state index in [4.69, 9.17) is 0 Å². The van der Waals surface area contributed by atoms with Gasteiger partial charge in [-0.15, -0.1) is 0 Å². The normalized spacial score (nSPS) is 10.8. The van der Waals surface area contributed by atoms with E-state index in [1.807, 2.05) is 24.5 Å². The van der Waals surface area contributed by atoms with Gasteiger partial charge in [-0.3, -0.25) is 4.98 Å². The van der Waals surface area contributed by atoms with Gasteiger partial charge in [0.05, 0.1) is 0 Å². The van der Waals surface area contributed by atoms with E-state index < -0.39 is 0 Å². The third-order valence-corrected chi connectivity index (χ3v) is 2.29. The van der Waals surface area contributed by atoms with E-state index in [2.05, 4.69) is 29.2 Å². The molecule has 1 aromatic heterocycles. The molecule has 0 unspecified atom stereocenters. The first-order valence-electron chi connectivity index (χ1n) is 5.11. The topological polar surface area (TPSA) is 28.2 Å². The Kier molecular flexibility index (Phi) is 5.19. The number of rotatable bonds is 6. The van der Waals surface area contributed by atoms with Gasteiger partial charge in [-0.05, 0) is 31.3 Å². The maximum Gasteiger partial charge on any atom is 0.0271 e. The second kappa shape index (κ2) is 6.51. The van der Waals surface area contributed by atoms with Crippen molar-refractivity contribution in [1.82, 2.24) is 15.2 Å². The third-order valence-electron chi connectivity index (χ3n) is 2.29. The molecule has 78 valence electrons. The van der Waals surface area contributed by atoms with E-state index in [1.165, 1.54) is 5.56 Å². The van der Waals surface area contributed by atoms with Crippen molar-refractivity contribution in [3.05, 3.63) is 30.1 Å². The highest BCUT2D eigenvalue weighted by atomic mass is 15.1. The molecule has 1 heterocycles. The van der Waals surface area contributed by atoms with Crippen LogP contribution in [0, 0.1) is 0 Å². The van der Waals surface area contributed by atoms with Gasteiger partial charge >= 0.3 is 0 Å². The van der Waals surface area contributed by atoms with Gasteiger partial charge < -0.3 is 10.2 Å². The Labute approximate surface area is 86.2 Å². The van der Waals surface area contributed by atoms with Gasteiger partial charge in [0.25, 0.3) is 0 Å². The lowest BCUT2D eigenvalue weighted by molar-refractivity contribution is 0.349. The highest BCUT2D eigenvalue weighted by molar-refractivity contribution is 5.08. The second-order valence-corrected chi connectivity index (χ2v) is 3.43. The van der Waals surface area contributed by atoms with Gasteiger partial charge in [0.1, 0.15) is 0 Å². The van der Waals surface area contributed by atoms with Crippen LogP contribution in [0.25, 0.3) is 0 Å². The van der Waals surface area contributed by atoms with Crippen molar-refractivity contribution in [2.75, 3.05) is 26.7 Å². The van der Waals surface area contributed by atoms with Crippen molar-refractivity contribution >= 4 is 0 Å². The lowest BCUT2D eigenvalue weighted by Crippen LogP contribution is -2.28.